The molecule has 28 heavy (non-hydrogen) atoms. The summed E-state index contributed by atoms with van der Waals surface area (Å²) in [4.78, 5) is 26.0. The van der Waals surface area contributed by atoms with Crippen LogP contribution in [-0.4, -0.2) is 45.8 Å². The number of methoxy groups -OCH3 is 2. The van der Waals surface area contributed by atoms with Crippen molar-refractivity contribution in [2.24, 2.45) is 0 Å². The largest absolute Gasteiger partial charge is 0.493 e. The van der Waals surface area contributed by atoms with Crippen LogP contribution in [0.15, 0.2) is 36.4 Å². The minimum absolute atomic E-state index is 0.154. The Kier molecular flexibility index (Phi) is 5.88. The van der Waals surface area contributed by atoms with Crippen molar-refractivity contribution >= 4 is 23.2 Å². The first-order chi connectivity index (χ1) is 13.5. The predicted molar refractivity (Wildman–Crippen MR) is 104 cm³/mol. The van der Waals surface area contributed by atoms with Gasteiger partial charge in [0.05, 0.1) is 14.2 Å². The zero-order valence-corrected chi connectivity index (χ0v) is 16.0. The first kappa shape index (κ1) is 19.3. The lowest BCUT2D eigenvalue weighted by Gasteiger charge is -2.22. The minimum Gasteiger partial charge on any atom is -0.493 e. The van der Waals surface area contributed by atoms with E-state index in [1.54, 1.807) is 36.4 Å². The third kappa shape index (κ3) is 4.28. The van der Waals surface area contributed by atoms with Gasteiger partial charge in [0.1, 0.15) is 19.8 Å². The molecule has 2 amide bonds. The van der Waals surface area contributed by atoms with Gasteiger partial charge in [0, 0.05) is 30.4 Å². The summed E-state index contributed by atoms with van der Waals surface area (Å²) in [6, 6.07) is 10.2. The van der Waals surface area contributed by atoms with Crippen LogP contribution in [-0.2, 0) is 9.59 Å². The molecule has 0 saturated carbocycles. The summed E-state index contributed by atoms with van der Waals surface area (Å²) < 4.78 is 21.5. The Bertz CT molecular complexity index is 883. The van der Waals surface area contributed by atoms with Crippen LogP contribution < -0.4 is 29.2 Å². The number of hydrogen-bond donors (Lipinski definition) is 1. The Balaban J connectivity index is 1.74. The molecule has 0 saturated heterocycles. The van der Waals surface area contributed by atoms with E-state index in [2.05, 4.69) is 5.32 Å². The predicted octanol–water partition coefficient (Wildman–Crippen LogP) is 2.47. The maximum Gasteiger partial charge on any atom is 0.244 e. The van der Waals surface area contributed by atoms with Crippen LogP contribution in [0.4, 0.5) is 11.4 Å². The van der Waals surface area contributed by atoms with Crippen LogP contribution in [0.25, 0.3) is 0 Å². The first-order valence-corrected chi connectivity index (χ1v) is 8.71. The molecule has 0 atom stereocenters. The number of carbonyl (C=O) groups is 2. The van der Waals surface area contributed by atoms with E-state index in [-0.39, 0.29) is 18.4 Å². The Morgan fingerprint density at radius 3 is 2.39 bits per heavy atom. The molecule has 0 spiro atoms. The third-order valence-corrected chi connectivity index (χ3v) is 4.19. The number of nitrogens with zero attached hydrogens (tertiary/aromatic N) is 1. The number of hydrogen-bond acceptors (Lipinski definition) is 6. The van der Waals surface area contributed by atoms with E-state index < -0.39 is 0 Å². The van der Waals surface area contributed by atoms with Crippen molar-refractivity contribution in [3.63, 3.8) is 0 Å². The summed E-state index contributed by atoms with van der Waals surface area (Å²) in [7, 11) is 3.04. The summed E-state index contributed by atoms with van der Waals surface area (Å²) in [5.74, 6) is 1.60. The van der Waals surface area contributed by atoms with Crippen molar-refractivity contribution in [2.75, 3.05) is 44.2 Å². The molecule has 0 aliphatic carbocycles. The monoisotopic (exact) mass is 386 g/mol. The van der Waals surface area contributed by atoms with Crippen LogP contribution in [0.5, 0.6) is 23.0 Å². The Morgan fingerprint density at radius 2 is 1.71 bits per heavy atom. The van der Waals surface area contributed by atoms with Crippen LogP contribution in [0.2, 0.25) is 0 Å². The molecule has 1 aliphatic heterocycles. The number of ether oxygens (including phenoxy) is 4. The highest BCUT2D eigenvalue weighted by molar-refractivity contribution is 6.02. The zero-order chi connectivity index (χ0) is 20.1. The van der Waals surface area contributed by atoms with Crippen LogP contribution in [0.1, 0.15) is 6.92 Å². The SMILES string of the molecule is COc1ccc(N(CC(=O)Nc2ccc3c(c2)OCCO3)C(C)=O)cc1OC. The molecule has 1 aliphatic rings. The fraction of sp³-hybridized carbons (Fsp3) is 0.300. The number of rotatable bonds is 6. The fourth-order valence-electron chi connectivity index (χ4n) is 2.84. The smallest absolute Gasteiger partial charge is 0.244 e. The van der Waals surface area contributed by atoms with Crippen molar-refractivity contribution in [1.82, 2.24) is 0 Å². The molecule has 0 unspecified atom stereocenters. The molecule has 2 aromatic rings. The van der Waals surface area contributed by atoms with E-state index in [1.165, 1.54) is 26.0 Å². The van der Waals surface area contributed by atoms with Crippen molar-refractivity contribution in [3.05, 3.63) is 36.4 Å². The van der Waals surface area contributed by atoms with Crippen LogP contribution in [0, 0.1) is 0 Å². The molecule has 0 aromatic heterocycles. The Morgan fingerprint density at radius 1 is 1.00 bits per heavy atom. The van der Waals surface area contributed by atoms with Crippen molar-refractivity contribution in [3.8, 4) is 23.0 Å². The molecule has 0 bridgehead atoms. The van der Waals surface area contributed by atoms with Gasteiger partial charge in [-0.15, -0.1) is 0 Å². The maximum atomic E-state index is 12.5. The second kappa shape index (κ2) is 8.51. The number of fused-ring (bicyclic) bond motifs is 1. The summed E-state index contributed by atoms with van der Waals surface area (Å²) in [6.45, 7) is 2.20. The van der Waals surface area contributed by atoms with Gasteiger partial charge in [0.15, 0.2) is 23.0 Å². The topological polar surface area (TPSA) is 86.3 Å². The molecule has 148 valence electrons. The number of anilines is 2. The zero-order valence-electron chi connectivity index (χ0n) is 16.0. The molecule has 8 heteroatoms. The van der Waals surface area contributed by atoms with E-state index in [4.69, 9.17) is 18.9 Å². The summed E-state index contributed by atoms with van der Waals surface area (Å²) in [6.07, 6.45) is 0. The van der Waals surface area contributed by atoms with Crippen LogP contribution >= 0.6 is 0 Å². The fourth-order valence-corrected chi connectivity index (χ4v) is 2.84. The average Bonchev–Trinajstić information content (AvgIpc) is 2.71. The molecule has 0 radical (unpaired) electrons. The van der Waals surface area contributed by atoms with E-state index in [0.717, 1.165) is 0 Å². The summed E-state index contributed by atoms with van der Waals surface area (Å²) >= 11 is 0. The van der Waals surface area contributed by atoms with Crippen molar-refractivity contribution in [2.45, 2.75) is 6.92 Å². The highest BCUT2D eigenvalue weighted by Crippen LogP contribution is 2.33. The molecule has 1 heterocycles. The van der Waals surface area contributed by atoms with E-state index >= 15 is 0 Å². The molecule has 0 fully saturated rings. The minimum atomic E-state index is -0.346. The molecule has 8 nitrogen and oxygen atoms in total. The van der Waals surface area contributed by atoms with Gasteiger partial charge in [0.25, 0.3) is 0 Å². The van der Waals surface area contributed by atoms with Crippen molar-refractivity contribution in [1.29, 1.82) is 0 Å². The highest BCUT2D eigenvalue weighted by atomic mass is 16.6. The summed E-state index contributed by atoms with van der Waals surface area (Å²) in [5, 5.41) is 2.77. The van der Waals surface area contributed by atoms with E-state index in [9.17, 15) is 9.59 Å². The Labute approximate surface area is 162 Å². The van der Waals surface area contributed by atoms with Gasteiger partial charge in [-0.3, -0.25) is 9.59 Å². The standard InChI is InChI=1S/C20H22N2O6/c1-13(23)22(15-5-7-16(25-2)18(11-15)26-3)12-20(24)21-14-4-6-17-19(10-14)28-9-8-27-17/h4-7,10-11H,8-9,12H2,1-3H3,(H,21,24). The second-order valence-corrected chi connectivity index (χ2v) is 6.05. The highest BCUT2D eigenvalue weighted by Gasteiger charge is 2.19. The maximum absolute atomic E-state index is 12.5. The van der Waals surface area contributed by atoms with Gasteiger partial charge >= 0.3 is 0 Å². The van der Waals surface area contributed by atoms with Gasteiger partial charge < -0.3 is 29.2 Å². The van der Waals surface area contributed by atoms with Gasteiger partial charge in [-0.1, -0.05) is 0 Å². The second-order valence-electron chi connectivity index (χ2n) is 6.05. The van der Waals surface area contributed by atoms with Gasteiger partial charge in [0.2, 0.25) is 11.8 Å². The number of nitrogens with one attached hydrogen (secondary N) is 1. The molecular weight excluding hydrogens is 364 g/mol. The van der Waals surface area contributed by atoms with Gasteiger partial charge in [-0.25, -0.2) is 0 Å². The molecular formula is C20H22N2O6. The quantitative estimate of drug-likeness (QED) is 0.821. The normalized spacial score (nSPS) is 12.1. The lowest BCUT2D eigenvalue weighted by Crippen LogP contribution is -2.36. The van der Waals surface area contributed by atoms with E-state index in [0.29, 0.717) is 47.6 Å². The molecule has 1 N–H and O–H groups in total. The molecule has 3 rings (SSSR count). The van der Waals surface area contributed by atoms with Gasteiger partial charge in [-0.2, -0.15) is 0 Å². The number of carbonyl (C=O) groups excluding carboxylic acids is 2. The number of amides is 2. The van der Waals surface area contributed by atoms with Crippen molar-refractivity contribution < 1.29 is 28.5 Å². The van der Waals surface area contributed by atoms with Crippen LogP contribution in [0.3, 0.4) is 0 Å². The molecule has 2 aromatic carbocycles. The number of benzene rings is 2. The summed E-state index contributed by atoms with van der Waals surface area (Å²) in [5.41, 5.74) is 1.09. The van der Waals surface area contributed by atoms with Gasteiger partial charge in [-0.05, 0) is 24.3 Å². The Hall–Kier alpha value is -3.42. The lowest BCUT2D eigenvalue weighted by molar-refractivity contribution is -0.120. The first-order valence-electron chi connectivity index (χ1n) is 8.71. The lowest BCUT2D eigenvalue weighted by atomic mass is 10.2. The average molecular weight is 386 g/mol. The van der Waals surface area contributed by atoms with E-state index in [1.807, 2.05) is 0 Å². The third-order valence-electron chi connectivity index (χ3n) is 4.19.